The topological polar surface area (TPSA) is 88.1 Å². The molecule has 2 rings (SSSR count). The van der Waals surface area contributed by atoms with E-state index in [1.165, 1.54) is 6.92 Å². The predicted octanol–water partition coefficient (Wildman–Crippen LogP) is 1.91. The molecular formula is C17H26O7. The summed E-state index contributed by atoms with van der Waals surface area (Å²) in [5, 5.41) is 0. The van der Waals surface area contributed by atoms with Crippen molar-refractivity contribution < 1.29 is 33.3 Å². The van der Waals surface area contributed by atoms with Gasteiger partial charge < -0.3 is 18.9 Å². The molecule has 1 spiro atoms. The molecule has 0 N–H and O–H groups in total. The van der Waals surface area contributed by atoms with Crippen LogP contribution >= 0.6 is 0 Å². The van der Waals surface area contributed by atoms with Crippen molar-refractivity contribution in [3.63, 3.8) is 0 Å². The van der Waals surface area contributed by atoms with Crippen molar-refractivity contribution in [2.75, 3.05) is 13.2 Å². The molecule has 2 aliphatic heterocycles. The van der Waals surface area contributed by atoms with Crippen LogP contribution in [-0.2, 0) is 33.3 Å². The van der Waals surface area contributed by atoms with Crippen molar-refractivity contribution in [2.45, 2.75) is 76.6 Å². The smallest absolute Gasteiger partial charge is 0.309 e. The average Bonchev–Trinajstić information content (AvgIpc) is 3.04. The molecular weight excluding hydrogens is 316 g/mol. The summed E-state index contributed by atoms with van der Waals surface area (Å²) in [6, 6.07) is 0. The fourth-order valence-electron chi connectivity index (χ4n) is 3.15. The molecule has 0 aromatic rings. The highest BCUT2D eigenvalue weighted by Crippen LogP contribution is 2.38. The van der Waals surface area contributed by atoms with Gasteiger partial charge in [0.05, 0.1) is 13.0 Å². The zero-order valence-corrected chi connectivity index (χ0v) is 14.4. The first-order valence-corrected chi connectivity index (χ1v) is 8.63. The third kappa shape index (κ3) is 4.69. The highest BCUT2D eigenvalue weighted by Gasteiger charge is 2.59. The predicted molar refractivity (Wildman–Crippen MR) is 83.1 cm³/mol. The molecule has 2 fully saturated rings. The molecule has 2 heterocycles. The summed E-state index contributed by atoms with van der Waals surface area (Å²) >= 11 is 0. The Morgan fingerprint density at radius 2 is 1.96 bits per heavy atom. The van der Waals surface area contributed by atoms with Gasteiger partial charge in [-0.1, -0.05) is 32.6 Å². The van der Waals surface area contributed by atoms with Crippen LogP contribution in [0.2, 0.25) is 0 Å². The second-order valence-electron chi connectivity index (χ2n) is 6.44. The molecule has 0 bridgehead atoms. The Morgan fingerprint density at radius 1 is 1.21 bits per heavy atom. The number of cyclic esters (lactones) is 1. The average molecular weight is 342 g/mol. The standard InChI is InChI=1S/C17H26O7/c1-3-4-5-6-7-8-14(19)24-16-13(23-12(2)18)10-22-17(16)9-15(20)21-11-17/h13,16H,3-11H2,1-2H3/t13-,16+,17-/m1/s1. The van der Waals surface area contributed by atoms with Crippen LogP contribution in [-0.4, -0.2) is 48.9 Å². The molecule has 3 atom stereocenters. The van der Waals surface area contributed by atoms with E-state index in [0.717, 1.165) is 32.1 Å². The maximum absolute atomic E-state index is 12.1. The van der Waals surface area contributed by atoms with Crippen LogP contribution in [0.25, 0.3) is 0 Å². The molecule has 0 unspecified atom stereocenters. The Labute approximate surface area is 142 Å². The molecule has 0 aromatic carbocycles. The molecule has 7 heteroatoms. The molecule has 7 nitrogen and oxygen atoms in total. The van der Waals surface area contributed by atoms with Crippen molar-refractivity contribution in [1.82, 2.24) is 0 Å². The lowest BCUT2D eigenvalue weighted by molar-refractivity contribution is -0.170. The van der Waals surface area contributed by atoms with Crippen molar-refractivity contribution in [3.8, 4) is 0 Å². The first-order chi connectivity index (χ1) is 11.5. The molecule has 0 amide bonds. The van der Waals surface area contributed by atoms with Crippen molar-refractivity contribution in [3.05, 3.63) is 0 Å². The molecule has 24 heavy (non-hydrogen) atoms. The van der Waals surface area contributed by atoms with Crippen LogP contribution in [0.15, 0.2) is 0 Å². The molecule has 136 valence electrons. The maximum atomic E-state index is 12.1. The molecule has 2 saturated heterocycles. The minimum atomic E-state index is -1.03. The summed E-state index contributed by atoms with van der Waals surface area (Å²) in [4.78, 5) is 34.9. The fraction of sp³-hybridized carbons (Fsp3) is 0.824. The monoisotopic (exact) mass is 342 g/mol. The third-order valence-corrected chi connectivity index (χ3v) is 4.37. The second-order valence-corrected chi connectivity index (χ2v) is 6.44. The molecule has 0 aromatic heterocycles. The van der Waals surface area contributed by atoms with Gasteiger partial charge in [-0.15, -0.1) is 0 Å². The van der Waals surface area contributed by atoms with Gasteiger partial charge in [-0.2, -0.15) is 0 Å². The summed E-state index contributed by atoms with van der Waals surface area (Å²) in [7, 11) is 0. The van der Waals surface area contributed by atoms with Crippen LogP contribution in [0.4, 0.5) is 0 Å². The normalized spacial score (nSPS) is 28.8. The lowest BCUT2D eigenvalue weighted by atomic mass is 9.94. The highest BCUT2D eigenvalue weighted by atomic mass is 16.7. The van der Waals surface area contributed by atoms with Crippen molar-refractivity contribution in [1.29, 1.82) is 0 Å². The Bertz CT molecular complexity index is 476. The van der Waals surface area contributed by atoms with Crippen LogP contribution < -0.4 is 0 Å². The summed E-state index contributed by atoms with van der Waals surface area (Å²) in [5.41, 5.74) is -1.03. The number of rotatable bonds is 8. The lowest BCUT2D eigenvalue weighted by Crippen LogP contribution is -2.47. The molecule has 0 saturated carbocycles. The van der Waals surface area contributed by atoms with Crippen LogP contribution in [0.3, 0.4) is 0 Å². The lowest BCUT2D eigenvalue weighted by Gasteiger charge is -2.28. The number of carbonyl (C=O) groups is 3. The number of hydrogen-bond donors (Lipinski definition) is 0. The first-order valence-electron chi connectivity index (χ1n) is 8.63. The fourth-order valence-corrected chi connectivity index (χ4v) is 3.15. The quantitative estimate of drug-likeness (QED) is 0.378. The number of ether oxygens (including phenoxy) is 4. The number of carbonyl (C=O) groups excluding carboxylic acids is 3. The molecule has 0 aliphatic carbocycles. The van der Waals surface area contributed by atoms with Gasteiger partial charge in [-0.3, -0.25) is 14.4 Å². The van der Waals surface area contributed by atoms with Gasteiger partial charge in [0.2, 0.25) is 0 Å². The number of hydrogen-bond acceptors (Lipinski definition) is 7. The molecule has 0 radical (unpaired) electrons. The van der Waals surface area contributed by atoms with Gasteiger partial charge >= 0.3 is 17.9 Å². The minimum Gasteiger partial charge on any atom is -0.462 e. The highest BCUT2D eigenvalue weighted by molar-refractivity contribution is 5.74. The third-order valence-electron chi connectivity index (χ3n) is 4.37. The minimum absolute atomic E-state index is 0.000782. The van der Waals surface area contributed by atoms with Crippen molar-refractivity contribution in [2.24, 2.45) is 0 Å². The van der Waals surface area contributed by atoms with E-state index in [9.17, 15) is 14.4 Å². The van der Waals surface area contributed by atoms with E-state index in [4.69, 9.17) is 18.9 Å². The van der Waals surface area contributed by atoms with Gasteiger partial charge in [0, 0.05) is 13.3 Å². The SMILES string of the molecule is CCCCCCCC(=O)O[C@H]1[C@H](OC(C)=O)CO[C@]12COC(=O)C2. The second kappa shape index (κ2) is 8.46. The Morgan fingerprint density at radius 3 is 2.58 bits per heavy atom. The van der Waals surface area contributed by atoms with Crippen molar-refractivity contribution >= 4 is 17.9 Å². The van der Waals surface area contributed by atoms with E-state index in [1.54, 1.807) is 0 Å². The summed E-state index contributed by atoms with van der Waals surface area (Å²) in [5.74, 6) is -1.25. The van der Waals surface area contributed by atoms with Gasteiger partial charge in [-0.05, 0) is 6.42 Å². The van der Waals surface area contributed by atoms with E-state index >= 15 is 0 Å². The van der Waals surface area contributed by atoms with Crippen LogP contribution in [0.1, 0.15) is 58.8 Å². The van der Waals surface area contributed by atoms with Crippen LogP contribution in [0.5, 0.6) is 0 Å². The summed E-state index contributed by atoms with van der Waals surface area (Å²) in [6.07, 6.45) is 3.91. The Kier molecular flexibility index (Phi) is 6.60. The largest absolute Gasteiger partial charge is 0.462 e. The van der Waals surface area contributed by atoms with E-state index in [2.05, 4.69) is 6.92 Å². The summed E-state index contributed by atoms with van der Waals surface area (Å²) in [6.45, 7) is 3.52. The van der Waals surface area contributed by atoms with Gasteiger partial charge in [0.1, 0.15) is 6.61 Å². The zero-order chi connectivity index (χ0) is 17.6. The van der Waals surface area contributed by atoms with E-state index in [1.807, 2.05) is 0 Å². The Hall–Kier alpha value is -1.63. The van der Waals surface area contributed by atoms with E-state index in [-0.39, 0.29) is 25.6 Å². The van der Waals surface area contributed by atoms with Crippen LogP contribution in [0, 0.1) is 0 Å². The van der Waals surface area contributed by atoms with Gasteiger partial charge in [-0.25, -0.2) is 0 Å². The first kappa shape index (κ1) is 18.7. The summed E-state index contributed by atoms with van der Waals surface area (Å²) < 4.78 is 21.4. The van der Waals surface area contributed by atoms with E-state index in [0.29, 0.717) is 6.42 Å². The number of unbranched alkanes of at least 4 members (excludes halogenated alkanes) is 4. The Balaban J connectivity index is 1.92. The molecule has 2 aliphatic rings. The van der Waals surface area contributed by atoms with Gasteiger partial charge in [0.25, 0.3) is 0 Å². The maximum Gasteiger partial charge on any atom is 0.309 e. The van der Waals surface area contributed by atoms with E-state index < -0.39 is 29.7 Å². The number of esters is 3. The zero-order valence-electron chi connectivity index (χ0n) is 14.4. The van der Waals surface area contributed by atoms with Gasteiger partial charge in [0.15, 0.2) is 17.8 Å².